The van der Waals surface area contributed by atoms with E-state index in [4.69, 9.17) is 16.4 Å². The Hall–Kier alpha value is -5.20. The molecular formula is C45H32. The van der Waals surface area contributed by atoms with E-state index < -0.39 is 177 Å². The smallest absolute Gasteiger partial charge is 0.0636 e. The molecule has 0 saturated carbocycles. The first-order valence-electron chi connectivity index (χ1n) is 25.9. The topological polar surface area (TPSA) is 0 Å². The van der Waals surface area contributed by atoms with Gasteiger partial charge in [-0.2, -0.15) is 0 Å². The lowest BCUT2D eigenvalue weighted by atomic mass is 9.62. The number of allylic oxidation sites excluding steroid dienone is 1. The third-order valence-corrected chi connectivity index (χ3v) is 8.87. The normalized spacial score (nSPS) is 25.7. The highest BCUT2D eigenvalue weighted by Crippen LogP contribution is 2.51. The molecule has 0 spiro atoms. The fourth-order valence-electron chi connectivity index (χ4n) is 6.72. The van der Waals surface area contributed by atoms with Crippen LogP contribution in [0.1, 0.15) is 85.5 Å². The summed E-state index contributed by atoms with van der Waals surface area (Å²) in [5.74, 6) is -1.24. The van der Waals surface area contributed by atoms with Crippen LogP contribution in [-0.4, -0.2) is 0 Å². The summed E-state index contributed by atoms with van der Waals surface area (Å²) < 4.78 is 209. The van der Waals surface area contributed by atoms with E-state index >= 15 is 0 Å². The highest BCUT2D eigenvalue weighted by atomic mass is 14.4. The summed E-state index contributed by atoms with van der Waals surface area (Å²) in [7, 11) is 0. The van der Waals surface area contributed by atoms with Crippen molar-refractivity contribution in [3.63, 3.8) is 0 Å². The minimum Gasteiger partial charge on any atom is -0.0830 e. The summed E-state index contributed by atoms with van der Waals surface area (Å²) in [6.07, 6.45) is -1.55. The van der Waals surface area contributed by atoms with Gasteiger partial charge in [0.1, 0.15) is 0 Å². The average molecular weight is 596 g/mol. The Morgan fingerprint density at radius 2 is 1.31 bits per heavy atom. The zero-order valence-electron chi connectivity index (χ0n) is 46.7. The number of hydrogen-bond donors (Lipinski definition) is 0. The first kappa shape index (κ1) is 11.6. The minimum absolute atomic E-state index is 0.116. The summed E-state index contributed by atoms with van der Waals surface area (Å²) in [5.41, 5.74) is -2.95. The molecule has 8 aromatic carbocycles. The molecule has 0 heterocycles. The first-order chi connectivity index (χ1) is 31.7. The minimum atomic E-state index is -1.55. The highest BCUT2D eigenvalue weighted by Gasteiger charge is 2.38. The van der Waals surface area contributed by atoms with Crippen LogP contribution in [0.4, 0.5) is 0 Å². The van der Waals surface area contributed by atoms with Crippen LogP contribution in [-0.2, 0) is 5.41 Å². The van der Waals surface area contributed by atoms with E-state index in [0.717, 1.165) is 0 Å². The molecule has 0 aliphatic heterocycles. The van der Waals surface area contributed by atoms with Crippen molar-refractivity contribution in [2.24, 2.45) is 0 Å². The molecule has 8 aromatic rings. The van der Waals surface area contributed by atoms with Crippen molar-refractivity contribution in [1.29, 1.82) is 0 Å². The van der Waals surface area contributed by atoms with E-state index in [0.29, 0.717) is 0 Å². The molecule has 2 aliphatic rings. The van der Waals surface area contributed by atoms with Crippen LogP contribution in [0.25, 0.3) is 71.4 Å². The van der Waals surface area contributed by atoms with Crippen molar-refractivity contribution in [3.8, 4) is 22.3 Å². The van der Waals surface area contributed by atoms with Crippen molar-refractivity contribution in [2.45, 2.75) is 31.6 Å². The van der Waals surface area contributed by atoms with Gasteiger partial charge < -0.3 is 0 Å². The molecule has 0 amide bonds. The van der Waals surface area contributed by atoms with Gasteiger partial charge in [0.15, 0.2) is 0 Å². The number of hydrogen-bond acceptors (Lipinski definition) is 0. The Morgan fingerprint density at radius 3 is 2.18 bits per heavy atom. The summed E-state index contributed by atoms with van der Waals surface area (Å²) in [4.78, 5) is 0. The Kier molecular flexibility index (Phi) is 2.31. The third kappa shape index (κ3) is 3.48. The maximum Gasteiger partial charge on any atom is 0.0636 e. The summed E-state index contributed by atoms with van der Waals surface area (Å²) in [6.45, 7) is 3.25. The van der Waals surface area contributed by atoms with Crippen molar-refractivity contribution >= 4 is 49.1 Å². The predicted octanol–water partition coefficient (Wildman–Crippen LogP) is 12.3. The molecule has 0 heteroatoms. The molecular weight excluding hydrogens is 540 g/mol. The molecule has 0 fully saturated rings. The molecule has 212 valence electrons. The summed E-state index contributed by atoms with van der Waals surface area (Å²) >= 11 is 0. The number of rotatable bonds is 2. The van der Waals surface area contributed by atoms with Gasteiger partial charge in [-0.05, 0) is 112 Å². The zero-order valence-corrected chi connectivity index (χ0v) is 23.7. The molecule has 2 aliphatic carbocycles. The molecule has 0 radical (unpaired) electrons. The number of fused-ring (bicyclic) bond motifs is 3. The van der Waals surface area contributed by atoms with Crippen LogP contribution in [0.2, 0.25) is 0 Å². The monoisotopic (exact) mass is 595 g/mol. The summed E-state index contributed by atoms with van der Waals surface area (Å²) in [6, 6.07) is -13.2. The van der Waals surface area contributed by atoms with Crippen molar-refractivity contribution in [3.05, 3.63) is 161 Å². The maximum absolute atomic E-state index is 9.70. The number of benzene rings is 8. The van der Waals surface area contributed by atoms with Gasteiger partial charge in [-0.15, -0.1) is 0 Å². The standard InChI is InChI=1S/C45H32/c1-45(2)40-23-20-33(26-39(40)37-10-4-8-28-9-5-11-41(45)43(28)37)32-16-12-27-13-17-34(25-35(27)24-32)36-21-18-31-15-14-29-6-3-7-30-19-22-38(36)44(31)42(29)30/h3-9,11-26,37H,10H2,1-2H3/i3D,4D,5D,6D,7D,8D,9D,10D,11D,12D,13D,14D,15D,16D,17D,18D,19D,20D,21D,22D,23D,24D,25D. The average Bonchev–Trinajstić information content (AvgIpc) is 3.27. The lowest BCUT2D eigenvalue weighted by Gasteiger charge is -2.41. The van der Waals surface area contributed by atoms with Gasteiger partial charge in [0.05, 0.1) is 30.2 Å². The van der Waals surface area contributed by atoms with Crippen LogP contribution in [0.3, 0.4) is 0 Å². The van der Waals surface area contributed by atoms with Gasteiger partial charge in [-0.1, -0.05) is 141 Å². The predicted molar refractivity (Wildman–Crippen MR) is 193 cm³/mol. The fourth-order valence-corrected chi connectivity index (χ4v) is 6.72. The molecule has 0 N–H and O–H groups in total. The van der Waals surface area contributed by atoms with Gasteiger partial charge in [0, 0.05) is 12.7 Å². The fraction of sp³-hybridized carbons (Fsp3) is 0.111. The van der Waals surface area contributed by atoms with Gasteiger partial charge in [0.2, 0.25) is 0 Å². The third-order valence-electron chi connectivity index (χ3n) is 8.87. The van der Waals surface area contributed by atoms with Gasteiger partial charge >= 0.3 is 0 Å². The Morgan fingerprint density at radius 1 is 0.622 bits per heavy atom. The van der Waals surface area contributed by atoms with E-state index in [9.17, 15) is 15.1 Å². The van der Waals surface area contributed by atoms with Crippen LogP contribution >= 0.6 is 0 Å². The maximum atomic E-state index is 9.70. The van der Waals surface area contributed by atoms with Crippen molar-refractivity contribution < 1.29 is 31.5 Å². The Balaban J connectivity index is 1.34. The zero-order chi connectivity index (χ0) is 49.9. The lowest BCUT2D eigenvalue weighted by molar-refractivity contribution is 0.579. The molecule has 2 atom stereocenters. The van der Waals surface area contributed by atoms with Gasteiger partial charge in [0.25, 0.3) is 0 Å². The molecule has 10 rings (SSSR count). The van der Waals surface area contributed by atoms with Gasteiger partial charge in [-0.25, -0.2) is 0 Å². The first-order valence-corrected chi connectivity index (χ1v) is 14.3. The molecule has 0 bridgehead atoms. The highest BCUT2D eigenvalue weighted by molar-refractivity contribution is 6.25. The molecule has 0 aromatic heterocycles. The molecule has 45 heavy (non-hydrogen) atoms. The lowest BCUT2D eigenvalue weighted by Crippen LogP contribution is -2.30. The van der Waals surface area contributed by atoms with Crippen LogP contribution < -0.4 is 0 Å². The van der Waals surface area contributed by atoms with Crippen LogP contribution in [0.15, 0.2) is 133 Å². The van der Waals surface area contributed by atoms with E-state index in [2.05, 4.69) is 0 Å². The summed E-state index contributed by atoms with van der Waals surface area (Å²) in [5, 5.41) is -2.98. The van der Waals surface area contributed by atoms with E-state index in [1.165, 1.54) is 6.07 Å². The van der Waals surface area contributed by atoms with E-state index in [1.54, 1.807) is 13.8 Å². The largest absolute Gasteiger partial charge is 0.0830 e. The quantitative estimate of drug-likeness (QED) is 0.174. The second-order valence-corrected chi connectivity index (χ2v) is 11.7. The second kappa shape index (κ2) is 8.93. The van der Waals surface area contributed by atoms with Gasteiger partial charge in [-0.3, -0.25) is 0 Å². The van der Waals surface area contributed by atoms with Crippen LogP contribution in [0, 0.1) is 0 Å². The van der Waals surface area contributed by atoms with Crippen molar-refractivity contribution in [2.75, 3.05) is 0 Å². The Labute approximate surface area is 295 Å². The molecule has 2 unspecified atom stereocenters. The SMILES string of the molecule is [2H]C1=C([2H])C([2H])C2c3cc(-c4c([2H])c([2H])c5c([2H])c([2H])c(-c6c([2H])c([2H])c7c([2H])c([2H])c8c([2H])c([2H])c([2H])c9c([2H])c([2H])c6c7c89)c([2H])c5c4[2H])c([2H])c([2H])c3C(C)(C)c3c([2H])c([2H])c([2H])c1c32. The van der Waals surface area contributed by atoms with E-state index in [-0.39, 0.29) is 66.4 Å². The Bertz CT molecular complexity index is 3790. The second-order valence-electron chi connectivity index (χ2n) is 11.7. The van der Waals surface area contributed by atoms with Crippen molar-refractivity contribution in [1.82, 2.24) is 0 Å². The molecule has 0 nitrogen and oxygen atoms in total. The van der Waals surface area contributed by atoms with E-state index in [1.807, 2.05) is 0 Å². The van der Waals surface area contributed by atoms with Crippen LogP contribution in [0.5, 0.6) is 0 Å². The molecule has 0 saturated heterocycles.